The number of benzene rings is 2. The molecule has 2 aromatic rings. The van der Waals surface area contributed by atoms with Gasteiger partial charge in [-0.3, -0.25) is 0 Å². The largest absolute Gasteiger partial charge is 0.243 e. The van der Waals surface area contributed by atoms with Gasteiger partial charge in [-0.2, -0.15) is 4.31 Å². The molecule has 134 valence electrons. The minimum Gasteiger partial charge on any atom is -0.228 e. The maximum atomic E-state index is 12.7. The van der Waals surface area contributed by atoms with Crippen LogP contribution in [0.15, 0.2) is 53.4 Å². The van der Waals surface area contributed by atoms with Crippen molar-refractivity contribution in [3.05, 3.63) is 53.6 Å². The first-order valence-corrected chi connectivity index (χ1v) is 11.3. The number of nitrogens with zero attached hydrogens (tertiary/aromatic N) is 1. The van der Waals surface area contributed by atoms with Gasteiger partial charge < -0.3 is 0 Å². The number of rotatable bonds is 5. The van der Waals surface area contributed by atoms with Crippen LogP contribution in [0.5, 0.6) is 0 Å². The minimum absolute atomic E-state index is 0.0175. The van der Waals surface area contributed by atoms with Crippen LogP contribution in [0.1, 0.15) is 6.92 Å². The maximum Gasteiger partial charge on any atom is 0.243 e. The van der Waals surface area contributed by atoms with E-state index >= 15 is 0 Å². The molecule has 2 aromatic carbocycles. The van der Waals surface area contributed by atoms with Crippen molar-refractivity contribution in [2.75, 3.05) is 18.8 Å². The van der Waals surface area contributed by atoms with Gasteiger partial charge in [-0.25, -0.2) is 16.8 Å². The highest BCUT2D eigenvalue weighted by Gasteiger charge is 2.42. The van der Waals surface area contributed by atoms with Crippen LogP contribution in [-0.2, 0) is 19.9 Å². The first-order valence-electron chi connectivity index (χ1n) is 7.82. The summed E-state index contributed by atoms with van der Waals surface area (Å²) in [6.07, 6.45) is 0. The predicted octanol–water partition coefficient (Wildman–Crippen LogP) is 2.81. The summed E-state index contributed by atoms with van der Waals surface area (Å²) in [5.74, 6) is 0.0254. The summed E-state index contributed by atoms with van der Waals surface area (Å²) < 4.78 is 50.3. The summed E-state index contributed by atoms with van der Waals surface area (Å²) in [5, 5.41) is 0.00278. The maximum absolute atomic E-state index is 12.7. The highest BCUT2D eigenvalue weighted by Crippen LogP contribution is 2.29. The second-order valence-electron chi connectivity index (χ2n) is 5.93. The lowest BCUT2D eigenvalue weighted by Gasteiger charge is -2.37. The van der Waals surface area contributed by atoms with Crippen LogP contribution >= 0.6 is 11.6 Å². The highest BCUT2D eigenvalue weighted by molar-refractivity contribution is 7.92. The Morgan fingerprint density at radius 1 is 1.00 bits per heavy atom. The molecule has 0 radical (unpaired) electrons. The van der Waals surface area contributed by atoms with Crippen molar-refractivity contribution in [2.45, 2.75) is 17.1 Å². The van der Waals surface area contributed by atoms with Crippen LogP contribution in [0.3, 0.4) is 0 Å². The molecule has 5 nitrogen and oxygen atoms in total. The predicted molar refractivity (Wildman–Crippen MR) is 98.9 cm³/mol. The van der Waals surface area contributed by atoms with E-state index in [1.165, 1.54) is 10.4 Å². The van der Waals surface area contributed by atoms with Crippen molar-refractivity contribution in [1.29, 1.82) is 0 Å². The molecule has 8 heteroatoms. The van der Waals surface area contributed by atoms with Crippen molar-refractivity contribution in [1.82, 2.24) is 4.31 Å². The van der Waals surface area contributed by atoms with Gasteiger partial charge in [0.1, 0.15) is 0 Å². The van der Waals surface area contributed by atoms with Crippen molar-refractivity contribution >= 4 is 31.5 Å². The number of halogens is 1. The minimum atomic E-state index is -3.70. The Hall–Kier alpha value is -1.41. The molecule has 0 saturated carbocycles. The van der Waals surface area contributed by atoms with E-state index in [1.54, 1.807) is 31.2 Å². The summed E-state index contributed by atoms with van der Waals surface area (Å²) >= 11 is 5.88. The molecular weight excluding hydrogens is 382 g/mol. The van der Waals surface area contributed by atoms with E-state index < -0.39 is 25.1 Å². The topological polar surface area (TPSA) is 71.5 Å². The highest BCUT2D eigenvalue weighted by atomic mass is 35.5. The lowest BCUT2D eigenvalue weighted by Crippen LogP contribution is -2.57. The van der Waals surface area contributed by atoms with E-state index in [0.717, 1.165) is 11.1 Å². The third kappa shape index (κ3) is 3.60. The van der Waals surface area contributed by atoms with Crippen LogP contribution < -0.4 is 0 Å². The molecule has 0 unspecified atom stereocenters. The Labute approximate surface area is 153 Å². The van der Waals surface area contributed by atoms with E-state index in [-0.39, 0.29) is 23.7 Å². The molecule has 0 spiro atoms. The summed E-state index contributed by atoms with van der Waals surface area (Å²) in [6.45, 7) is 1.61. The second-order valence-corrected chi connectivity index (χ2v) is 10.9. The van der Waals surface area contributed by atoms with Crippen molar-refractivity contribution < 1.29 is 16.8 Å². The van der Waals surface area contributed by atoms with Crippen LogP contribution in [0.25, 0.3) is 11.1 Å². The third-order valence-electron chi connectivity index (χ3n) is 4.37. The number of sulfone groups is 1. The smallest absolute Gasteiger partial charge is 0.228 e. The lowest BCUT2D eigenvalue weighted by molar-refractivity contribution is 0.310. The quantitative estimate of drug-likeness (QED) is 0.775. The zero-order valence-corrected chi connectivity index (χ0v) is 16.0. The zero-order valence-electron chi connectivity index (χ0n) is 13.6. The molecule has 3 rings (SSSR count). The Kier molecular flexibility index (Phi) is 4.94. The van der Waals surface area contributed by atoms with Gasteiger partial charge in [0.05, 0.1) is 10.1 Å². The molecule has 0 aliphatic carbocycles. The molecule has 25 heavy (non-hydrogen) atoms. The standard InChI is InChI=1S/C17H18ClNO4S2/c1-2-24(20,21)17-11-19(12-17)25(22,23)16-5-3-4-14(10-16)13-6-8-15(18)9-7-13/h3-10,17H,2,11-12H2,1H3. The second kappa shape index (κ2) is 6.72. The van der Waals surface area contributed by atoms with E-state index in [4.69, 9.17) is 11.6 Å². The average molecular weight is 400 g/mol. The van der Waals surface area contributed by atoms with E-state index in [9.17, 15) is 16.8 Å². The number of hydrogen-bond donors (Lipinski definition) is 0. The SMILES string of the molecule is CCS(=O)(=O)C1CN(S(=O)(=O)c2cccc(-c3ccc(Cl)cc3)c2)C1. The van der Waals surface area contributed by atoms with Crippen LogP contribution in [0.4, 0.5) is 0 Å². The summed E-state index contributed by atoms with van der Waals surface area (Å²) in [5.41, 5.74) is 1.62. The van der Waals surface area contributed by atoms with Crippen molar-refractivity contribution in [3.8, 4) is 11.1 Å². The van der Waals surface area contributed by atoms with Gasteiger partial charge in [0.25, 0.3) is 0 Å². The molecule has 0 amide bonds. The molecule has 0 atom stereocenters. The van der Waals surface area contributed by atoms with Gasteiger partial charge in [0, 0.05) is 23.9 Å². The number of sulfonamides is 1. The van der Waals surface area contributed by atoms with E-state index in [2.05, 4.69) is 0 Å². The molecule has 0 N–H and O–H groups in total. The third-order valence-corrected chi connectivity index (χ3v) is 8.57. The van der Waals surface area contributed by atoms with Gasteiger partial charge in [0.15, 0.2) is 9.84 Å². The van der Waals surface area contributed by atoms with E-state index in [1.807, 2.05) is 18.2 Å². The molecule has 1 aliphatic rings. The Bertz CT molecular complexity index is 980. The van der Waals surface area contributed by atoms with Gasteiger partial charge >= 0.3 is 0 Å². The molecule has 1 saturated heterocycles. The molecule has 0 aromatic heterocycles. The average Bonchev–Trinajstić information content (AvgIpc) is 2.54. The summed E-state index contributed by atoms with van der Waals surface area (Å²) in [4.78, 5) is 0.160. The molecule has 1 heterocycles. The van der Waals surface area contributed by atoms with Gasteiger partial charge in [-0.15, -0.1) is 0 Å². The van der Waals surface area contributed by atoms with Crippen LogP contribution in [-0.4, -0.2) is 45.2 Å². The fraction of sp³-hybridized carbons (Fsp3) is 0.294. The van der Waals surface area contributed by atoms with Crippen molar-refractivity contribution in [2.24, 2.45) is 0 Å². The Morgan fingerprint density at radius 2 is 1.64 bits per heavy atom. The molecular formula is C17H18ClNO4S2. The van der Waals surface area contributed by atoms with Gasteiger partial charge in [-0.1, -0.05) is 42.8 Å². The Balaban J connectivity index is 1.85. The molecule has 1 fully saturated rings. The first kappa shape index (κ1) is 18.4. The van der Waals surface area contributed by atoms with Gasteiger partial charge in [0.2, 0.25) is 10.0 Å². The normalized spacial score (nSPS) is 16.6. The van der Waals surface area contributed by atoms with Gasteiger partial charge in [-0.05, 0) is 35.4 Å². The first-order chi connectivity index (χ1) is 11.7. The zero-order chi connectivity index (χ0) is 18.2. The lowest BCUT2D eigenvalue weighted by atomic mass is 10.1. The fourth-order valence-electron chi connectivity index (χ4n) is 2.69. The Morgan fingerprint density at radius 3 is 2.24 bits per heavy atom. The molecule has 1 aliphatic heterocycles. The van der Waals surface area contributed by atoms with Crippen LogP contribution in [0, 0.1) is 0 Å². The number of hydrogen-bond acceptors (Lipinski definition) is 4. The van der Waals surface area contributed by atoms with Crippen molar-refractivity contribution in [3.63, 3.8) is 0 Å². The summed E-state index contributed by atoms with van der Waals surface area (Å²) in [6, 6.07) is 13.8. The molecule has 0 bridgehead atoms. The summed E-state index contributed by atoms with van der Waals surface area (Å²) in [7, 11) is -6.91. The van der Waals surface area contributed by atoms with E-state index in [0.29, 0.717) is 5.02 Å². The van der Waals surface area contributed by atoms with Crippen LogP contribution in [0.2, 0.25) is 5.02 Å². The fourth-order valence-corrected chi connectivity index (χ4v) is 5.86. The monoisotopic (exact) mass is 399 g/mol.